The van der Waals surface area contributed by atoms with Gasteiger partial charge in [0.15, 0.2) is 17.7 Å². The monoisotopic (exact) mass is 675 g/mol. The van der Waals surface area contributed by atoms with Gasteiger partial charge in [-0.25, -0.2) is 18.6 Å². The second-order valence-electron chi connectivity index (χ2n) is 14.6. The first-order valence-corrected chi connectivity index (χ1v) is 17.2. The summed E-state index contributed by atoms with van der Waals surface area (Å²) in [6.07, 6.45) is 4.80. The second-order valence-corrected chi connectivity index (χ2v) is 14.6. The van der Waals surface area contributed by atoms with E-state index in [1.165, 1.54) is 13.2 Å². The van der Waals surface area contributed by atoms with Gasteiger partial charge in [0.05, 0.1) is 35.7 Å². The molecule has 2 aromatic carbocycles. The van der Waals surface area contributed by atoms with Crippen LogP contribution in [-0.2, 0) is 19.0 Å². The van der Waals surface area contributed by atoms with Crippen molar-refractivity contribution in [2.75, 3.05) is 31.7 Å². The zero-order valence-electron chi connectivity index (χ0n) is 29.6. The lowest BCUT2D eigenvalue weighted by Crippen LogP contribution is -2.45. The van der Waals surface area contributed by atoms with Crippen LogP contribution in [0.2, 0.25) is 0 Å². The maximum absolute atomic E-state index is 15.5. The third-order valence-corrected chi connectivity index (χ3v) is 9.53. The molecule has 0 saturated carbocycles. The van der Waals surface area contributed by atoms with Crippen LogP contribution in [0.25, 0.3) is 28.0 Å². The number of benzene rings is 2. The van der Waals surface area contributed by atoms with Gasteiger partial charge in [-0.1, -0.05) is 18.2 Å². The predicted octanol–water partition coefficient (Wildman–Crippen LogP) is 8.61. The number of methoxy groups -OCH3 is 1. The van der Waals surface area contributed by atoms with E-state index in [1.807, 2.05) is 69.5 Å². The summed E-state index contributed by atoms with van der Waals surface area (Å²) >= 11 is 0. The molecule has 1 fully saturated rings. The molecule has 8 nitrogen and oxygen atoms in total. The molecular weight excluding hydrogens is 628 g/mol. The summed E-state index contributed by atoms with van der Waals surface area (Å²) in [7, 11) is 1.37. The maximum atomic E-state index is 15.5. The molecule has 0 radical (unpaired) electrons. The third-order valence-electron chi connectivity index (χ3n) is 9.53. The van der Waals surface area contributed by atoms with Gasteiger partial charge < -0.3 is 23.8 Å². The van der Waals surface area contributed by atoms with Crippen LogP contribution in [0.15, 0.2) is 48.7 Å². The Morgan fingerprint density at radius 2 is 1.82 bits per heavy atom. The zero-order valence-corrected chi connectivity index (χ0v) is 29.6. The SMILES string of the molecule is COC(=O)[C@@H](OC(C)(C)C)c1c(C)cc2nc3cn2c1N1CCC(C)(CC1)OCCCC[C@H](C)Oc1ccc(F)c(F)c1-c1cccc-3c1. The Morgan fingerprint density at radius 3 is 2.53 bits per heavy atom. The van der Waals surface area contributed by atoms with Crippen molar-refractivity contribution in [1.29, 1.82) is 0 Å². The molecule has 3 aliphatic rings. The highest BCUT2D eigenvalue weighted by molar-refractivity contribution is 5.82. The maximum Gasteiger partial charge on any atom is 0.339 e. The molecule has 4 aromatic rings. The Hall–Kier alpha value is -4.02. The van der Waals surface area contributed by atoms with E-state index < -0.39 is 29.3 Å². The third kappa shape index (κ3) is 7.31. The van der Waals surface area contributed by atoms with Crippen molar-refractivity contribution in [2.24, 2.45) is 0 Å². The molecule has 0 N–H and O–H groups in total. The minimum absolute atomic E-state index is 0.0746. The summed E-state index contributed by atoms with van der Waals surface area (Å²) < 4.78 is 56.7. The molecule has 10 heteroatoms. The standard InChI is InChI=1S/C39H47F2N3O5/c1-24-21-31-42-29-23-44(31)36(32(24)35(37(45)46-7)49-38(3,4)5)43-18-16-39(6,17-19-43)47-20-9-8-11-25(2)48-30-15-14-28(40)34(41)33(30)27-13-10-12-26(29)22-27/h10,12-15,21-23,25,35H,8-9,11,16-20H2,1-7H3/t25-,35-/m0/s1. The molecule has 0 spiro atoms. The van der Waals surface area contributed by atoms with E-state index in [-0.39, 0.29) is 23.0 Å². The minimum atomic E-state index is -0.981. The lowest BCUT2D eigenvalue weighted by molar-refractivity contribution is -0.164. The summed E-state index contributed by atoms with van der Waals surface area (Å²) in [5, 5.41) is 0. The average Bonchev–Trinajstić information content (AvgIpc) is 3.48. The molecular formula is C39H47F2N3O5. The highest BCUT2D eigenvalue weighted by Gasteiger charge is 2.37. The van der Waals surface area contributed by atoms with Crippen molar-refractivity contribution in [2.45, 2.75) is 97.1 Å². The largest absolute Gasteiger partial charge is 0.490 e. The first kappa shape index (κ1) is 34.8. The molecule has 2 aromatic heterocycles. The molecule has 0 aliphatic carbocycles. The molecule has 0 amide bonds. The number of imidazole rings is 1. The van der Waals surface area contributed by atoms with Gasteiger partial charge in [-0.05, 0) is 109 Å². The zero-order chi connectivity index (χ0) is 35.1. The number of carbonyl (C=O) groups excluding carboxylic acids is 1. The Labute approximate surface area is 287 Å². The summed E-state index contributed by atoms with van der Waals surface area (Å²) in [6.45, 7) is 13.8. The van der Waals surface area contributed by atoms with Crippen LogP contribution < -0.4 is 9.64 Å². The van der Waals surface area contributed by atoms with Crippen molar-refractivity contribution >= 4 is 17.4 Å². The Morgan fingerprint density at radius 1 is 1.08 bits per heavy atom. The molecule has 262 valence electrons. The number of ether oxygens (including phenoxy) is 4. The van der Waals surface area contributed by atoms with Gasteiger partial charge in [-0.3, -0.25) is 4.40 Å². The van der Waals surface area contributed by atoms with Gasteiger partial charge in [-0.2, -0.15) is 0 Å². The van der Waals surface area contributed by atoms with Crippen molar-refractivity contribution in [1.82, 2.24) is 9.38 Å². The number of fused-ring (bicyclic) bond motifs is 8. The summed E-state index contributed by atoms with van der Waals surface area (Å²) in [6, 6.07) is 11.8. The van der Waals surface area contributed by atoms with E-state index in [1.54, 1.807) is 6.07 Å². The quantitative estimate of drug-likeness (QED) is 0.201. The lowest BCUT2D eigenvalue weighted by atomic mass is 9.92. The van der Waals surface area contributed by atoms with E-state index in [0.29, 0.717) is 36.6 Å². The Balaban J connectivity index is 1.56. The van der Waals surface area contributed by atoms with E-state index in [2.05, 4.69) is 11.8 Å². The number of hydrogen-bond donors (Lipinski definition) is 0. The highest BCUT2D eigenvalue weighted by Crippen LogP contribution is 2.41. The number of aromatic nitrogens is 2. The van der Waals surface area contributed by atoms with Crippen molar-refractivity contribution in [3.05, 3.63) is 71.4 Å². The van der Waals surface area contributed by atoms with E-state index in [4.69, 9.17) is 23.9 Å². The smallest absolute Gasteiger partial charge is 0.339 e. The van der Waals surface area contributed by atoms with Gasteiger partial charge in [0.2, 0.25) is 0 Å². The van der Waals surface area contributed by atoms with E-state index in [9.17, 15) is 9.18 Å². The summed E-state index contributed by atoms with van der Waals surface area (Å²) in [5.74, 6) is -1.29. The fraction of sp³-hybridized carbons (Fsp3) is 0.487. The van der Waals surface area contributed by atoms with Gasteiger partial charge in [0.25, 0.3) is 0 Å². The van der Waals surface area contributed by atoms with Crippen molar-refractivity contribution < 1.29 is 32.5 Å². The van der Waals surface area contributed by atoms with Crippen LogP contribution in [0.5, 0.6) is 5.75 Å². The molecule has 5 heterocycles. The normalized spacial score (nSPS) is 20.9. The fourth-order valence-electron chi connectivity index (χ4n) is 6.91. The van der Waals surface area contributed by atoms with Gasteiger partial charge in [-0.15, -0.1) is 0 Å². The van der Waals surface area contributed by atoms with Crippen molar-refractivity contribution in [3.63, 3.8) is 0 Å². The number of piperidine rings is 1. The van der Waals surface area contributed by atoms with Gasteiger partial charge in [0.1, 0.15) is 17.2 Å². The van der Waals surface area contributed by atoms with Crippen LogP contribution in [0, 0.1) is 18.6 Å². The molecule has 7 rings (SSSR count). The van der Waals surface area contributed by atoms with E-state index >= 15 is 4.39 Å². The molecule has 0 unspecified atom stereocenters. The molecule has 49 heavy (non-hydrogen) atoms. The average molecular weight is 676 g/mol. The van der Waals surface area contributed by atoms with Gasteiger partial charge in [0, 0.05) is 37.0 Å². The minimum Gasteiger partial charge on any atom is -0.490 e. The van der Waals surface area contributed by atoms with Crippen LogP contribution in [0.1, 0.15) is 84.0 Å². The first-order valence-electron chi connectivity index (χ1n) is 17.2. The first-order chi connectivity index (χ1) is 23.3. The fourth-order valence-corrected chi connectivity index (χ4v) is 6.91. The summed E-state index contributed by atoms with van der Waals surface area (Å²) in [4.78, 5) is 20.7. The Bertz CT molecular complexity index is 1840. The number of carbonyl (C=O) groups is 1. The lowest BCUT2D eigenvalue weighted by Gasteiger charge is -2.42. The Kier molecular flexibility index (Phi) is 9.74. The number of nitrogens with zero attached hydrogens (tertiary/aromatic N) is 3. The number of aryl methyl sites for hydroxylation is 1. The van der Waals surface area contributed by atoms with Crippen LogP contribution in [0.3, 0.4) is 0 Å². The highest BCUT2D eigenvalue weighted by atomic mass is 19.2. The number of anilines is 1. The van der Waals surface area contributed by atoms with Crippen LogP contribution in [-0.4, -0.2) is 59.5 Å². The number of halogens is 2. The van der Waals surface area contributed by atoms with Gasteiger partial charge >= 0.3 is 5.97 Å². The predicted molar refractivity (Wildman–Crippen MR) is 186 cm³/mol. The number of hydrogen-bond acceptors (Lipinski definition) is 7. The van der Waals surface area contributed by atoms with Crippen molar-refractivity contribution in [3.8, 4) is 28.1 Å². The molecule has 1 saturated heterocycles. The number of pyridine rings is 1. The molecule has 2 atom stereocenters. The number of rotatable bonds is 3. The summed E-state index contributed by atoms with van der Waals surface area (Å²) in [5.41, 5.74) is 3.22. The topological polar surface area (TPSA) is 74.5 Å². The molecule has 6 bridgehead atoms. The van der Waals surface area contributed by atoms with Crippen LogP contribution >= 0.6 is 0 Å². The second kappa shape index (κ2) is 13.7. The van der Waals surface area contributed by atoms with Crippen LogP contribution in [0.4, 0.5) is 14.6 Å². The van der Waals surface area contributed by atoms with E-state index in [0.717, 1.165) is 60.7 Å². The molecule has 3 aliphatic heterocycles. The number of esters is 1.